The molecule has 3 nitrogen and oxygen atoms in total. The first-order valence-electron chi connectivity index (χ1n) is 4.73. The number of rotatable bonds is 4. The van der Waals surface area contributed by atoms with E-state index in [4.69, 9.17) is 11.6 Å². The third-order valence-corrected chi connectivity index (χ3v) is 3.49. The minimum absolute atomic E-state index is 0.00833. The van der Waals surface area contributed by atoms with Crippen LogP contribution in [0.3, 0.4) is 0 Å². The number of amides is 1. The molecule has 1 saturated carbocycles. The van der Waals surface area contributed by atoms with Crippen molar-refractivity contribution in [1.82, 2.24) is 5.32 Å². The van der Waals surface area contributed by atoms with Crippen molar-refractivity contribution in [2.45, 2.75) is 12.8 Å². The van der Waals surface area contributed by atoms with E-state index in [0.29, 0.717) is 9.21 Å². The Balaban J connectivity index is 1.84. The molecule has 1 N–H and O–H groups in total. The third kappa shape index (κ3) is 2.79. The molecule has 5 heteroatoms. The molecular weight excluding hydrogens is 234 g/mol. The summed E-state index contributed by atoms with van der Waals surface area (Å²) in [5.41, 5.74) is 0. The van der Waals surface area contributed by atoms with Crippen LogP contribution in [-0.4, -0.2) is 18.2 Å². The van der Waals surface area contributed by atoms with E-state index in [1.54, 1.807) is 12.1 Å². The van der Waals surface area contributed by atoms with Crippen molar-refractivity contribution in [2.24, 2.45) is 5.92 Å². The Morgan fingerprint density at radius 1 is 1.47 bits per heavy atom. The van der Waals surface area contributed by atoms with E-state index >= 15 is 0 Å². The zero-order valence-electron chi connectivity index (χ0n) is 7.96. The lowest BCUT2D eigenvalue weighted by Crippen LogP contribution is -2.30. The monoisotopic (exact) mass is 243 g/mol. The summed E-state index contributed by atoms with van der Waals surface area (Å²) in [5.74, 6) is 0.0524. The topological polar surface area (TPSA) is 46.2 Å². The highest BCUT2D eigenvalue weighted by molar-refractivity contribution is 7.18. The molecule has 2 rings (SSSR count). The van der Waals surface area contributed by atoms with Gasteiger partial charge in [0, 0.05) is 5.92 Å². The summed E-state index contributed by atoms with van der Waals surface area (Å²) in [4.78, 5) is 23.4. The van der Waals surface area contributed by atoms with Crippen molar-refractivity contribution in [3.05, 3.63) is 21.3 Å². The van der Waals surface area contributed by atoms with Crippen LogP contribution in [0.2, 0.25) is 4.34 Å². The van der Waals surface area contributed by atoms with E-state index < -0.39 is 0 Å². The van der Waals surface area contributed by atoms with Crippen LogP contribution < -0.4 is 5.32 Å². The SMILES string of the molecule is O=C(CNC(=O)C1CC1)c1ccc(Cl)s1. The van der Waals surface area contributed by atoms with Gasteiger partial charge in [-0.25, -0.2) is 0 Å². The molecule has 0 saturated heterocycles. The number of Topliss-reactive ketones (excluding diaryl/α,β-unsaturated/α-hetero) is 1. The molecule has 1 fully saturated rings. The molecule has 1 aliphatic carbocycles. The Kier molecular flexibility index (Phi) is 3.07. The fourth-order valence-corrected chi connectivity index (χ4v) is 2.19. The van der Waals surface area contributed by atoms with Gasteiger partial charge in [0.25, 0.3) is 0 Å². The molecule has 0 atom stereocenters. The second-order valence-corrected chi connectivity index (χ2v) is 5.23. The lowest BCUT2D eigenvalue weighted by atomic mass is 10.3. The molecule has 1 aromatic rings. The zero-order chi connectivity index (χ0) is 10.8. The summed E-state index contributed by atoms with van der Waals surface area (Å²) in [6.45, 7) is 0.0756. The van der Waals surface area contributed by atoms with Gasteiger partial charge in [0.05, 0.1) is 15.8 Å². The second-order valence-electron chi connectivity index (χ2n) is 3.52. The Morgan fingerprint density at radius 2 is 2.20 bits per heavy atom. The van der Waals surface area contributed by atoms with Gasteiger partial charge >= 0.3 is 0 Å². The summed E-state index contributed by atoms with van der Waals surface area (Å²) < 4.78 is 0.590. The number of halogens is 1. The summed E-state index contributed by atoms with van der Waals surface area (Å²) in [6.07, 6.45) is 1.90. The minimum Gasteiger partial charge on any atom is -0.348 e. The van der Waals surface area contributed by atoms with Crippen LogP contribution in [0.5, 0.6) is 0 Å². The van der Waals surface area contributed by atoms with Crippen LogP contribution in [0.4, 0.5) is 0 Å². The number of nitrogens with one attached hydrogen (secondary N) is 1. The summed E-state index contributed by atoms with van der Waals surface area (Å²) >= 11 is 6.94. The molecule has 15 heavy (non-hydrogen) atoms. The van der Waals surface area contributed by atoms with Crippen LogP contribution in [0.25, 0.3) is 0 Å². The van der Waals surface area contributed by atoms with Crippen LogP contribution >= 0.6 is 22.9 Å². The number of hydrogen-bond acceptors (Lipinski definition) is 3. The number of thiophene rings is 1. The van der Waals surface area contributed by atoms with Gasteiger partial charge in [-0.2, -0.15) is 0 Å². The van der Waals surface area contributed by atoms with Crippen LogP contribution in [-0.2, 0) is 4.79 Å². The van der Waals surface area contributed by atoms with Crippen LogP contribution in [0, 0.1) is 5.92 Å². The average Bonchev–Trinajstić information content (AvgIpc) is 2.97. The van der Waals surface area contributed by atoms with E-state index in [1.165, 1.54) is 11.3 Å². The zero-order valence-corrected chi connectivity index (χ0v) is 9.53. The van der Waals surface area contributed by atoms with E-state index in [2.05, 4.69) is 5.32 Å². The lowest BCUT2D eigenvalue weighted by molar-refractivity contribution is -0.122. The van der Waals surface area contributed by atoms with E-state index in [1.807, 2.05) is 0 Å². The Bertz CT molecular complexity index is 398. The predicted molar refractivity (Wildman–Crippen MR) is 59.4 cm³/mol. The maximum atomic E-state index is 11.5. The first-order valence-corrected chi connectivity index (χ1v) is 5.92. The molecule has 1 heterocycles. The van der Waals surface area contributed by atoms with Gasteiger partial charge in [0.1, 0.15) is 0 Å². The summed E-state index contributed by atoms with van der Waals surface area (Å²) in [7, 11) is 0. The summed E-state index contributed by atoms with van der Waals surface area (Å²) in [6, 6.07) is 3.36. The van der Waals surface area contributed by atoms with Gasteiger partial charge in [-0.1, -0.05) is 11.6 Å². The van der Waals surface area contributed by atoms with Gasteiger partial charge in [-0.3, -0.25) is 9.59 Å². The normalized spacial score (nSPS) is 15.0. The number of carbonyl (C=O) groups excluding carboxylic acids is 2. The van der Waals surface area contributed by atoms with E-state index in [0.717, 1.165) is 12.8 Å². The molecule has 0 unspecified atom stereocenters. The first-order chi connectivity index (χ1) is 7.16. The molecule has 1 aliphatic rings. The van der Waals surface area contributed by atoms with Crippen molar-refractivity contribution in [3.8, 4) is 0 Å². The van der Waals surface area contributed by atoms with E-state index in [9.17, 15) is 9.59 Å². The highest BCUT2D eigenvalue weighted by Crippen LogP contribution is 2.28. The Labute approximate surface area is 96.4 Å². The molecular formula is C10H10ClNO2S. The van der Waals surface area contributed by atoms with E-state index in [-0.39, 0.29) is 24.2 Å². The van der Waals surface area contributed by atoms with Gasteiger partial charge in [-0.05, 0) is 25.0 Å². The molecule has 0 spiro atoms. The lowest BCUT2D eigenvalue weighted by Gasteiger charge is -2.01. The van der Waals surface area contributed by atoms with Crippen LogP contribution in [0.15, 0.2) is 12.1 Å². The van der Waals surface area contributed by atoms with Crippen molar-refractivity contribution in [3.63, 3.8) is 0 Å². The highest BCUT2D eigenvalue weighted by atomic mass is 35.5. The van der Waals surface area contributed by atoms with Crippen molar-refractivity contribution >= 4 is 34.6 Å². The number of hydrogen-bond donors (Lipinski definition) is 1. The van der Waals surface area contributed by atoms with Gasteiger partial charge in [-0.15, -0.1) is 11.3 Å². The maximum absolute atomic E-state index is 11.5. The van der Waals surface area contributed by atoms with Crippen molar-refractivity contribution < 1.29 is 9.59 Å². The quantitative estimate of drug-likeness (QED) is 0.824. The maximum Gasteiger partial charge on any atom is 0.223 e. The van der Waals surface area contributed by atoms with Crippen molar-refractivity contribution in [2.75, 3.05) is 6.54 Å². The fourth-order valence-electron chi connectivity index (χ4n) is 1.21. The highest BCUT2D eigenvalue weighted by Gasteiger charge is 2.29. The number of carbonyl (C=O) groups is 2. The molecule has 1 amide bonds. The van der Waals surface area contributed by atoms with Gasteiger partial charge < -0.3 is 5.32 Å². The summed E-state index contributed by atoms with van der Waals surface area (Å²) in [5, 5.41) is 2.63. The largest absolute Gasteiger partial charge is 0.348 e. The van der Waals surface area contributed by atoms with Crippen molar-refractivity contribution in [1.29, 1.82) is 0 Å². The molecule has 0 aliphatic heterocycles. The van der Waals surface area contributed by atoms with Gasteiger partial charge in [0.2, 0.25) is 5.91 Å². The average molecular weight is 244 g/mol. The Morgan fingerprint density at radius 3 is 2.73 bits per heavy atom. The first kappa shape index (κ1) is 10.6. The Hall–Kier alpha value is -0.870. The molecule has 0 bridgehead atoms. The van der Waals surface area contributed by atoms with Gasteiger partial charge in [0.15, 0.2) is 5.78 Å². The minimum atomic E-state index is -0.0825. The molecule has 0 radical (unpaired) electrons. The molecule has 80 valence electrons. The molecule has 0 aromatic carbocycles. The van der Waals surface area contributed by atoms with Crippen LogP contribution in [0.1, 0.15) is 22.5 Å². The number of ketones is 1. The standard InChI is InChI=1S/C10H10ClNO2S/c11-9-4-3-8(15-9)7(13)5-12-10(14)6-1-2-6/h3-4,6H,1-2,5H2,(H,12,14). The molecule has 1 aromatic heterocycles. The second kappa shape index (κ2) is 4.33. The predicted octanol–water partition coefficient (Wildman–Crippen LogP) is 2.11. The smallest absolute Gasteiger partial charge is 0.223 e. The fraction of sp³-hybridized carbons (Fsp3) is 0.400. The third-order valence-electron chi connectivity index (χ3n) is 2.22.